The molecule has 21 heavy (non-hydrogen) atoms. The van der Waals surface area contributed by atoms with Gasteiger partial charge >= 0.3 is 1.43 Å². The van der Waals surface area contributed by atoms with E-state index in [2.05, 4.69) is 0 Å². The second-order valence-electron chi connectivity index (χ2n) is 4.98. The van der Waals surface area contributed by atoms with Crippen LogP contribution in [0.4, 0.5) is 0 Å². The Labute approximate surface area is 122 Å². The highest BCUT2D eigenvalue weighted by molar-refractivity contribution is 7.89. The number of nitrogens with two attached hydrogens (primary N) is 1. The van der Waals surface area contributed by atoms with Crippen molar-refractivity contribution in [2.75, 3.05) is 0 Å². The van der Waals surface area contributed by atoms with Gasteiger partial charge in [-0.1, -0.05) is 42.5 Å². The maximum absolute atomic E-state index is 11.4. The third kappa shape index (κ3) is 1.82. The highest BCUT2D eigenvalue weighted by Gasteiger charge is 2.16. The summed E-state index contributed by atoms with van der Waals surface area (Å²) in [6, 6.07) is 17.3. The summed E-state index contributed by atoms with van der Waals surface area (Å²) in [4.78, 5) is 0. The molecule has 2 N–H and O–H groups in total. The molecule has 0 bridgehead atoms. The Morgan fingerprint density at radius 3 is 2.38 bits per heavy atom. The zero-order valence-electron chi connectivity index (χ0n) is 11.9. The predicted octanol–water partition coefficient (Wildman–Crippen LogP) is 3.50. The molecule has 0 radical (unpaired) electrons. The van der Waals surface area contributed by atoms with E-state index in [4.69, 9.17) is 9.56 Å². The smallest absolute Gasteiger partial charge is 0.443 e. The van der Waals surface area contributed by atoms with Gasteiger partial charge in [-0.3, -0.25) is 0 Å². The van der Waals surface area contributed by atoms with Gasteiger partial charge in [0.25, 0.3) is 10.0 Å². The molecule has 0 aliphatic rings. The summed E-state index contributed by atoms with van der Waals surface area (Å²) in [5, 5.41) is 9.78. The number of hydrogen-bond donors (Lipinski definition) is 1. The Balaban J connectivity index is 0.00000144. The van der Waals surface area contributed by atoms with E-state index in [9.17, 15) is 8.42 Å². The fraction of sp³-hybridized carbons (Fsp3) is 0. The summed E-state index contributed by atoms with van der Waals surface area (Å²) >= 11 is 0. The van der Waals surface area contributed by atoms with Crippen LogP contribution in [0.3, 0.4) is 0 Å². The average Bonchev–Trinajstić information content (AvgIpc) is 2.91. The Hall–Kier alpha value is -2.37. The third-order valence-electron chi connectivity index (χ3n) is 3.66. The van der Waals surface area contributed by atoms with E-state index in [0.29, 0.717) is 5.58 Å². The van der Waals surface area contributed by atoms with E-state index in [1.54, 1.807) is 0 Å². The van der Waals surface area contributed by atoms with Crippen molar-refractivity contribution in [1.29, 1.82) is 0 Å². The van der Waals surface area contributed by atoms with Crippen LogP contribution in [0.25, 0.3) is 32.5 Å². The van der Waals surface area contributed by atoms with E-state index >= 15 is 0 Å². The van der Waals surface area contributed by atoms with Gasteiger partial charge in [0.2, 0.25) is 5.09 Å². The minimum absolute atomic E-state index is 0. The van der Waals surface area contributed by atoms with Crippen LogP contribution in [-0.4, -0.2) is 8.42 Å². The molecule has 0 atom stereocenters. The fourth-order valence-electron chi connectivity index (χ4n) is 2.70. The first-order valence-electron chi connectivity index (χ1n) is 6.41. The fourth-order valence-corrected chi connectivity index (χ4v) is 3.19. The lowest BCUT2D eigenvalue weighted by Crippen LogP contribution is -2.10. The van der Waals surface area contributed by atoms with Crippen molar-refractivity contribution < 1.29 is 14.3 Å². The molecule has 0 saturated heterocycles. The Bertz CT molecular complexity index is 1120. The zero-order valence-corrected chi connectivity index (χ0v) is 11.7. The molecule has 0 spiro atoms. The SMILES string of the molecule is NS(=O)(=O)c1cc2ccc3c4ccccc4ccc3c2o1.[H+]. The Morgan fingerprint density at radius 1 is 0.857 bits per heavy atom. The minimum Gasteiger partial charge on any atom is -0.443 e. The number of furan rings is 1. The highest BCUT2D eigenvalue weighted by atomic mass is 32.2. The summed E-state index contributed by atoms with van der Waals surface area (Å²) in [6.07, 6.45) is 0. The molecular weight excluding hydrogens is 286 g/mol. The van der Waals surface area contributed by atoms with Gasteiger partial charge in [-0.2, -0.15) is 0 Å². The van der Waals surface area contributed by atoms with Crippen LogP contribution in [0, 0.1) is 0 Å². The summed E-state index contributed by atoms with van der Waals surface area (Å²) in [6.45, 7) is 0. The van der Waals surface area contributed by atoms with Crippen molar-refractivity contribution >= 4 is 42.5 Å². The third-order valence-corrected chi connectivity index (χ3v) is 4.43. The van der Waals surface area contributed by atoms with E-state index in [1.165, 1.54) is 6.07 Å². The number of benzene rings is 3. The molecule has 4 rings (SSSR count). The Kier molecular flexibility index (Phi) is 2.40. The molecule has 0 saturated carbocycles. The summed E-state index contributed by atoms with van der Waals surface area (Å²) in [5.74, 6) is 0. The van der Waals surface area contributed by atoms with E-state index in [0.717, 1.165) is 26.9 Å². The topological polar surface area (TPSA) is 73.3 Å². The zero-order chi connectivity index (χ0) is 14.6. The van der Waals surface area contributed by atoms with Crippen molar-refractivity contribution in [1.82, 2.24) is 0 Å². The molecule has 5 heteroatoms. The van der Waals surface area contributed by atoms with Gasteiger partial charge in [-0.25, -0.2) is 13.6 Å². The van der Waals surface area contributed by atoms with Crippen LogP contribution in [-0.2, 0) is 10.0 Å². The standard InChI is InChI=1S/C16H11NO3S/c17-21(18,19)15-9-11-6-7-13-12-4-2-1-3-10(12)5-8-14(13)16(11)20-15/h1-9H,(H2,17,18,19)/p+1. The number of primary sulfonamides is 1. The quantitative estimate of drug-likeness (QED) is 0.547. The van der Waals surface area contributed by atoms with E-state index < -0.39 is 10.0 Å². The number of rotatable bonds is 1. The van der Waals surface area contributed by atoms with Crippen molar-refractivity contribution in [2.24, 2.45) is 5.14 Å². The van der Waals surface area contributed by atoms with Gasteiger partial charge in [0.05, 0.1) is 0 Å². The molecule has 0 amide bonds. The van der Waals surface area contributed by atoms with Crippen LogP contribution >= 0.6 is 0 Å². The highest BCUT2D eigenvalue weighted by Crippen LogP contribution is 2.33. The summed E-state index contributed by atoms with van der Waals surface area (Å²) in [7, 11) is -3.84. The lowest BCUT2D eigenvalue weighted by Gasteiger charge is -2.03. The maximum atomic E-state index is 11.4. The van der Waals surface area contributed by atoms with Crippen molar-refractivity contribution in [3.05, 3.63) is 54.6 Å². The van der Waals surface area contributed by atoms with Gasteiger partial charge in [-0.15, -0.1) is 0 Å². The number of hydrogen-bond acceptors (Lipinski definition) is 3. The van der Waals surface area contributed by atoms with E-state index in [1.807, 2.05) is 48.5 Å². The first-order chi connectivity index (χ1) is 10.0. The molecule has 104 valence electrons. The molecule has 0 aliphatic carbocycles. The largest absolute Gasteiger partial charge is 1.00 e. The van der Waals surface area contributed by atoms with Crippen LogP contribution in [0.5, 0.6) is 0 Å². The van der Waals surface area contributed by atoms with Crippen molar-refractivity contribution in [3.8, 4) is 0 Å². The van der Waals surface area contributed by atoms with E-state index in [-0.39, 0.29) is 6.52 Å². The summed E-state index contributed by atoms with van der Waals surface area (Å²) in [5.41, 5.74) is 0.544. The van der Waals surface area contributed by atoms with Gasteiger partial charge in [-0.05, 0) is 22.2 Å². The molecule has 4 nitrogen and oxygen atoms in total. The normalized spacial score (nSPS) is 12.4. The molecular formula is C16H12NO3S+. The second kappa shape index (κ2) is 4.07. The maximum Gasteiger partial charge on any atom is 1.00 e. The molecule has 1 aromatic heterocycles. The molecule has 3 aromatic carbocycles. The van der Waals surface area contributed by atoms with Crippen LogP contribution in [0.15, 0.2) is 64.1 Å². The van der Waals surface area contributed by atoms with Gasteiger partial charge in [0.15, 0.2) is 0 Å². The molecule has 0 fully saturated rings. The second-order valence-corrected chi connectivity index (χ2v) is 6.47. The average molecular weight is 298 g/mol. The number of sulfonamides is 1. The lowest BCUT2D eigenvalue weighted by atomic mass is 10.0. The van der Waals surface area contributed by atoms with Crippen molar-refractivity contribution in [3.63, 3.8) is 0 Å². The summed E-state index contributed by atoms with van der Waals surface area (Å²) < 4.78 is 28.4. The predicted molar refractivity (Wildman–Crippen MR) is 83.7 cm³/mol. The van der Waals surface area contributed by atoms with Crippen LogP contribution in [0.1, 0.15) is 1.43 Å². The first-order valence-corrected chi connectivity index (χ1v) is 7.95. The number of fused-ring (bicyclic) bond motifs is 5. The first kappa shape index (κ1) is 12.4. The lowest BCUT2D eigenvalue weighted by molar-refractivity contribution is 0.484. The molecule has 0 unspecified atom stereocenters. The Morgan fingerprint density at radius 2 is 1.57 bits per heavy atom. The van der Waals surface area contributed by atoms with Crippen LogP contribution < -0.4 is 5.14 Å². The molecule has 1 heterocycles. The van der Waals surface area contributed by atoms with Gasteiger partial charge in [0, 0.05) is 16.8 Å². The molecule has 0 aliphatic heterocycles. The van der Waals surface area contributed by atoms with Gasteiger partial charge in [0.1, 0.15) is 5.58 Å². The van der Waals surface area contributed by atoms with Crippen molar-refractivity contribution in [2.45, 2.75) is 5.09 Å². The minimum atomic E-state index is -3.84. The molecule has 4 aromatic rings. The monoisotopic (exact) mass is 298 g/mol. The van der Waals surface area contributed by atoms with Crippen LogP contribution in [0.2, 0.25) is 0 Å². The van der Waals surface area contributed by atoms with Gasteiger partial charge < -0.3 is 4.42 Å².